The third-order valence-corrected chi connectivity index (χ3v) is 9.17. The highest BCUT2D eigenvalue weighted by Gasteiger charge is 2.50. The molecule has 1 unspecified atom stereocenters. The van der Waals surface area contributed by atoms with Crippen LogP contribution in [-0.4, -0.2) is 43.9 Å². The molecular weight excluding hydrogens is 453 g/mol. The van der Waals surface area contributed by atoms with E-state index in [1.165, 1.54) is 17.7 Å². The largest absolute Gasteiger partial charge is 0.494 e. The minimum atomic E-state index is -3.03. The van der Waals surface area contributed by atoms with E-state index in [1.807, 2.05) is 36.1 Å². The normalized spacial score (nSPS) is 19.2. The van der Waals surface area contributed by atoms with Gasteiger partial charge in [-0.25, -0.2) is 12.8 Å². The molecule has 0 saturated heterocycles. The van der Waals surface area contributed by atoms with E-state index >= 15 is 0 Å². The molecule has 1 atom stereocenters. The SMILES string of the molecule is CCCS(=O)(=O)CCCOc1ccc2c(c1)C(C1(c3ccc(F)cc3)CCC1)N(C(=N)N)CC2. The summed E-state index contributed by atoms with van der Waals surface area (Å²) >= 11 is 0. The number of halogens is 1. The molecule has 184 valence electrons. The van der Waals surface area contributed by atoms with Crippen LogP contribution in [0.25, 0.3) is 0 Å². The molecule has 3 N–H and O–H groups in total. The zero-order valence-electron chi connectivity index (χ0n) is 19.7. The first-order chi connectivity index (χ1) is 16.3. The fourth-order valence-corrected chi connectivity index (χ4v) is 6.86. The van der Waals surface area contributed by atoms with Crippen LogP contribution < -0.4 is 10.5 Å². The number of hydrogen-bond acceptors (Lipinski definition) is 4. The second-order valence-electron chi connectivity index (χ2n) is 9.46. The Morgan fingerprint density at radius 2 is 1.94 bits per heavy atom. The van der Waals surface area contributed by atoms with E-state index in [4.69, 9.17) is 15.9 Å². The van der Waals surface area contributed by atoms with Crippen molar-refractivity contribution in [2.45, 2.75) is 56.9 Å². The molecule has 34 heavy (non-hydrogen) atoms. The summed E-state index contributed by atoms with van der Waals surface area (Å²) in [5.74, 6) is 0.800. The van der Waals surface area contributed by atoms with Crippen molar-refractivity contribution in [1.29, 1.82) is 5.41 Å². The lowest BCUT2D eigenvalue weighted by Crippen LogP contribution is -2.54. The zero-order valence-corrected chi connectivity index (χ0v) is 20.5. The van der Waals surface area contributed by atoms with Gasteiger partial charge in [0.25, 0.3) is 0 Å². The van der Waals surface area contributed by atoms with Crippen LogP contribution in [0.1, 0.15) is 61.8 Å². The highest BCUT2D eigenvalue weighted by Crippen LogP contribution is 2.56. The maximum atomic E-state index is 13.7. The summed E-state index contributed by atoms with van der Waals surface area (Å²) in [6.45, 7) is 2.85. The molecule has 0 amide bonds. The Hall–Kier alpha value is -2.61. The van der Waals surface area contributed by atoms with Crippen LogP contribution in [0.2, 0.25) is 0 Å². The lowest BCUT2D eigenvalue weighted by atomic mass is 9.57. The lowest BCUT2D eigenvalue weighted by Gasteiger charge is -2.54. The molecule has 0 bridgehead atoms. The summed E-state index contributed by atoms with van der Waals surface area (Å²) in [6.07, 6.45) is 4.79. The molecule has 2 aliphatic rings. The molecule has 2 aromatic rings. The average molecular weight is 488 g/mol. The highest BCUT2D eigenvalue weighted by molar-refractivity contribution is 7.91. The number of nitrogens with one attached hydrogen (secondary N) is 1. The number of rotatable bonds is 9. The quantitative estimate of drug-likeness (QED) is 0.312. The average Bonchev–Trinajstić information content (AvgIpc) is 2.77. The van der Waals surface area contributed by atoms with Gasteiger partial charge in [0.2, 0.25) is 0 Å². The van der Waals surface area contributed by atoms with Gasteiger partial charge in [-0.05, 0) is 73.1 Å². The number of sulfone groups is 1. The third-order valence-electron chi connectivity index (χ3n) is 7.23. The standard InChI is InChI=1S/C26H34FN3O3S/c1-2-16-34(31,32)17-4-15-33-22-10-5-19-11-14-30(25(28)29)24(23(19)18-22)26(12-3-13-26)20-6-8-21(27)9-7-20/h5-10,18,24H,2-4,11-17H2,1H3,(H3,28,29). The van der Waals surface area contributed by atoms with Gasteiger partial charge in [-0.15, -0.1) is 0 Å². The van der Waals surface area contributed by atoms with Crippen molar-refractivity contribution in [3.8, 4) is 5.75 Å². The van der Waals surface area contributed by atoms with Crippen LogP contribution >= 0.6 is 0 Å². The maximum absolute atomic E-state index is 13.7. The molecule has 1 saturated carbocycles. The van der Waals surface area contributed by atoms with Gasteiger partial charge in [0, 0.05) is 17.7 Å². The van der Waals surface area contributed by atoms with E-state index in [0.717, 1.165) is 36.8 Å². The van der Waals surface area contributed by atoms with Crippen molar-refractivity contribution < 1.29 is 17.5 Å². The van der Waals surface area contributed by atoms with Crippen LogP contribution in [0.4, 0.5) is 4.39 Å². The molecule has 0 spiro atoms. The second kappa shape index (κ2) is 9.94. The number of nitrogens with two attached hydrogens (primary N) is 1. The molecule has 1 heterocycles. The van der Waals surface area contributed by atoms with E-state index in [1.54, 1.807) is 0 Å². The van der Waals surface area contributed by atoms with Crippen LogP contribution in [0.15, 0.2) is 42.5 Å². The minimum Gasteiger partial charge on any atom is -0.494 e. The van der Waals surface area contributed by atoms with Crippen LogP contribution in [0.3, 0.4) is 0 Å². The van der Waals surface area contributed by atoms with Gasteiger partial charge >= 0.3 is 0 Å². The van der Waals surface area contributed by atoms with Gasteiger partial charge in [0.05, 0.1) is 18.4 Å². The fraction of sp³-hybridized carbons (Fsp3) is 0.500. The Balaban J connectivity index is 1.61. The molecule has 1 aliphatic carbocycles. The first-order valence-electron chi connectivity index (χ1n) is 12.1. The van der Waals surface area contributed by atoms with Crippen LogP contribution in [0, 0.1) is 11.2 Å². The predicted octanol–water partition coefficient (Wildman–Crippen LogP) is 4.33. The van der Waals surface area contributed by atoms with Gasteiger partial charge < -0.3 is 15.4 Å². The van der Waals surface area contributed by atoms with Crippen molar-refractivity contribution in [2.75, 3.05) is 24.7 Å². The summed E-state index contributed by atoms with van der Waals surface area (Å²) in [5, 5.41) is 8.27. The Labute approximate surface area is 201 Å². The Bertz CT molecular complexity index is 1130. The molecule has 4 rings (SSSR count). The summed E-state index contributed by atoms with van der Waals surface area (Å²) in [5.41, 5.74) is 9.16. The number of benzene rings is 2. The summed E-state index contributed by atoms with van der Waals surface area (Å²) in [6, 6.07) is 12.6. The predicted molar refractivity (Wildman–Crippen MR) is 132 cm³/mol. The van der Waals surface area contributed by atoms with Crippen molar-refractivity contribution in [3.05, 3.63) is 65.0 Å². The topological polar surface area (TPSA) is 96.5 Å². The monoisotopic (exact) mass is 487 g/mol. The Morgan fingerprint density at radius 1 is 1.21 bits per heavy atom. The molecule has 0 aromatic heterocycles. The third kappa shape index (κ3) is 4.92. The number of hydrogen-bond donors (Lipinski definition) is 2. The van der Waals surface area contributed by atoms with Gasteiger partial charge in [0.1, 0.15) is 21.4 Å². The van der Waals surface area contributed by atoms with Crippen molar-refractivity contribution >= 4 is 15.8 Å². The molecule has 1 aliphatic heterocycles. The van der Waals surface area contributed by atoms with Crippen molar-refractivity contribution in [3.63, 3.8) is 0 Å². The molecule has 8 heteroatoms. The molecule has 1 fully saturated rings. The maximum Gasteiger partial charge on any atom is 0.188 e. The van der Waals surface area contributed by atoms with E-state index in [2.05, 4.69) is 6.07 Å². The molecule has 6 nitrogen and oxygen atoms in total. The number of ether oxygens (including phenoxy) is 1. The second-order valence-corrected chi connectivity index (χ2v) is 11.8. The van der Waals surface area contributed by atoms with Crippen LogP contribution in [-0.2, 0) is 21.7 Å². The van der Waals surface area contributed by atoms with Gasteiger partial charge in [-0.3, -0.25) is 5.41 Å². The summed E-state index contributed by atoms with van der Waals surface area (Å²) in [4.78, 5) is 1.96. The minimum absolute atomic E-state index is 0.0384. The number of nitrogens with zero attached hydrogens (tertiary/aromatic N) is 1. The van der Waals surface area contributed by atoms with Crippen molar-refractivity contribution in [2.24, 2.45) is 5.73 Å². The van der Waals surface area contributed by atoms with Gasteiger partial charge in [-0.1, -0.05) is 31.5 Å². The van der Waals surface area contributed by atoms with E-state index in [0.29, 0.717) is 31.7 Å². The number of guanidine groups is 1. The van der Waals surface area contributed by atoms with E-state index in [-0.39, 0.29) is 34.7 Å². The number of fused-ring (bicyclic) bond motifs is 1. The molecule has 2 aromatic carbocycles. The van der Waals surface area contributed by atoms with Crippen molar-refractivity contribution in [1.82, 2.24) is 4.90 Å². The molecular formula is C26H34FN3O3S. The summed E-state index contributed by atoms with van der Waals surface area (Å²) < 4.78 is 43.6. The lowest BCUT2D eigenvalue weighted by molar-refractivity contribution is 0.0980. The summed E-state index contributed by atoms with van der Waals surface area (Å²) in [7, 11) is -3.03. The van der Waals surface area contributed by atoms with Crippen LogP contribution in [0.5, 0.6) is 5.75 Å². The Kier molecular flexibility index (Phi) is 7.17. The van der Waals surface area contributed by atoms with E-state index in [9.17, 15) is 12.8 Å². The highest BCUT2D eigenvalue weighted by atomic mass is 32.2. The van der Waals surface area contributed by atoms with Gasteiger partial charge in [-0.2, -0.15) is 0 Å². The zero-order chi connectivity index (χ0) is 24.3. The smallest absolute Gasteiger partial charge is 0.188 e. The van der Waals surface area contributed by atoms with E-state index < -0.39 is 9.84 Å². The first-order valence-corrected chi connectivity index (χ1v) is 13.9. The Morgan fingerprint density at radius 3 is 2.56 bits per heavy atom. The first kappa shape index (κ1) is 24.5. The van der Waals surface area contributed by atoms with Gasteiger partial charge in [0.15, 0.2) is 5.96 Å². The fourth-order valence-electron chi connectivity index (χ4n) is 5.48. The molecule has 0 radical (unpaired) electrons.